The molecule has 4 heteroatoms. The number of nitrogens with one attached hydrogen (secondary N) is 1. The van der Waals surface area contributed by atoms with Crippen molar-refractivity contribution in [3.05, 3.63) is 0 Å². The van der Waals surface area contributed by atoms with E-state index < -0.39 is 0 Å². The summed E-state index contributed by atoms with van der Waals surface area (Å²) in [6.45, 7) is 7.93. The summed E-state index contributed by atoms with van der Waals surface area (Å²) in [6, 6.07) is 0. The van der Waals surface area contributed by atoms with E-state index in [1.54, 1.807) is 0 Å². The predicted molar refractivity (Wildman–Crippen MR) is 51.9 cm³/mol. The highest BCUT2D eigenvalue weighted by atomic mass is 16.5. The second-order valence-corrected chi connectivity index (χ2v) is 4.15. The second-order valence-electron chi connectivity index (χ2n) is 4.15. The Morgan fingerprint density at radius 2 is 2.08 bits per heavy atom. The Morgan fingerprint density at radius 3 is 2.46 bits per heavy atom. The third-order valence-electron chi connectivity index (χ3n) is 1.49. The lowest BCUT2D eigenvalue weighted by Crippen LogP contribution is -2.31. The van der Waals surface area contributed by atoms with E-state index in [-0.39, 0.29) is 17.6 Å². The lowest BCUT2D eigenvalue weighted by molar-refractivity contribution is -0.122. The van der Waals surface area contributed by atoms with Crippen LogP contribution in [0.4, 0.5) is 0 Å². The summed E-state index contributed by atoms with van der Waals surface area (Å²) in [4.78, 5) is 10.8. The minimum Gasteiger partial charge on any atom is -0.373 e. The molecule has 3 N–H and O–H groups in total. The number of hydrazine groups is 1. The van der Waals surface area contributed by atoms with Crippen LogP contribution in [0.25, 0.3) is 0 Å². The Kier molecular flexibility index (Phi) is 4.95. The molecule has 0 radical (unpaired) electrons. The first kappa shape index (κ1) is 12.4. The molecule has 0 fully saturated rings. The Balaban J connectivity index is 3.63. The van der Waals surface area contributed by atoms with Crippen molar-refractivity contribution < 1.29 is 9.53 Å². The maximum atomic E-state index is 10.8. The minimum absolute atomic E-state index is 0.0808. The van der Waals surface area contributed by atoms with E-state index in [1.165, 1.54) is 0 Å². The number of amides is 1. The second kappa shape index (κ2) is 5.19. The van der Waals surface area contributed by atoms with Crippen molar-refractivity contribution in [2.24, 2.45) is 5.84 Å². The smallest absolute Gasteiger partial charge is 0.233 e. The number of nitrogens with two attached hydrogens (primary N) is 1. The van der Waals surface area contributed by atoms with Gasteiger partial charge in [0.05, 0.1) is 11.7 Å². The molecule has 1 amide bonds. The van der Waals surface area contributed by atoms with Crippen molar-refractivity contribution in [1.82, 2.24) is 5.43 Å². The summed E-state index contributed by atoms with van der Waals surface area (Å²) >= 11 is 0. The van der Waals surface area contributed by atoms with Crippen LogP contribution in [-0.2, 0) is 9.53 Å². The number of carbonyl (C=O) groups is 1. The van der Waals surface area contributed by atoms with Crippen LogP contribution in [0.3, 0.4) is 0 Å². The number of ether oxygens (including phenoxy) is 1. The molecule has 78 valence electrons. The van der Waals surface area contributed by atoms with Gasteiger partial charge in [-0.15, -0.1) is 0 Å². The topological polar surface area (TPSA) is 64.4 Å². The maximum absolute atomic E-state index is 10.8. The van der Waals surface area contributed by atoms with Gasteiger partial charge in [-0.05, 0) is 34.1 Å². The molecule has 0 saturated heterocycles. The highest BCUT2D eigenvalue weighted by molar-refractivity contribution is 5.75. The summed E-state index contributed by atoms with van der Waals surface area (Å²) in [6.07, 6.45) is 1.19. The van der Waals surface area contributed by atoms with E-state index in [9.17, 15) is 4.79 Å². The molecular weight excluding hydrogens is 168 g/mol. The van der Waals surface area contributed by atoms with Gasteiger partial charge >= 0.3 is 0 Å². The van der Waals surface area contributed by atoms with Gasteiger partial charge in [-0.1, -0.05) is 0 Å². The molecule has 1 unspecified atom stereocenters. The van der Waals surface area contributed by atoms with Crippen LogP contribution >= 0.6 is 0 Å². The van der Waals surface area contributed by atoms with Crippen molar-refractivity contribution in [2.45, 2.75) is 52.2 Å². The summed E-state index contributed by atoms with van der Waals surface area (Å²) in [7, 11) is 0. The lowest BCUT2D eigenvalue weighted by Gasteiger charge is -2.24. The van der Waals surface area contributed by atoms with E-state index in [2.05, 4.69) is 5.43 Å². The third-order valence-corrected chi connectivity index (χ3v) is 1.49. The highest BCUT2D eigenvalue weighted by Crippen LogP contribution is 2.13. The number of hydrogen-bond donors (Lipinski definition) is 2. The monoisotopic (exact) mass is 188 g/mol. The van der Waals surface area contributed by atoms with Gasteiger partial charge in [-0.2, -0.15) is 0 Å². The molecule has 1 atom stereocenters. The van der Waals surface area contributed by atoms with Gasteiger partial charge in [0.25, 0.3) is 0 Å². The van der Waals surface area contributed by atoms with Gasteiger partial charge in [0.1, 0.15) is 0 Å². The van der Waals surface area contributed by atoms with Crippen molar-refractivity contribution in [3.63, 3.8) is 0 Å². The van der Waals surface area contributed by atoms with E-state index >= 15 is 0 Å². The Morgan fingerprint density at radius 1 is 1.54 bits per heavy atom. The Bertz CT molecular complexity index is 163. The first-order valence-corrected chi connectivity index (χ1v) is 4.52. The highest BCUT2D eigenvalue weighted by Gasteiger charge is 2.15. The molecule has 0 saturated carbocycles. The van der Waals surface area contributed by atoms with Crippen LogP contribution in [0.1, 0.15) is 40.5 Å². The molecule has 0 spiro atoms. The fourth-order valence-electron chi connectivity index (χ4n) is 1.07. The number of carbonyl (C=O) groups excluding carboxylic acids is 1. The molecular formula is C9H20N2O2. The average molecular weight is 188 g/mol. The third kappa shape index (κ3) is 7.74. The zero-order valence-electron chi connectivity index (χ0n) is 8.89. The largest absolute Gasteiger partial charge is 0.373 e. The molecule has 0 heterocycles. The van der Waals surface area contributed by atoms with E-state index in [0.29, 0.717) is 12.8 Å². The van der Waals surface area contributed by atoms with Crippen LogP contribution in [0, 0.1) is 0 Å². The van der Waals surface area contributed by atoms with Crippen molar-refractivity contribution in [2.75, 3.05) is 0 Å². The quantitative estimate of drug-likeness (QED) is 0.392. The molecule has 0 aliphatic heterocycles. The van der Waals surface area contributed by atoms with E-state index in [0.717, 1.165) is 0 Å². The maximum Gasteiger partial charge on any atom is 0.233 e. The van der Waals surface area contributed by atoms with Crippen molar-refractivity contribution in [1.29, 1.82) is 0 Å². The van der Waals surface area contributed by atoms with Crippen LogP contribution in [-0.4, -0.2) is 17.6 Å². The molecule has 0 aromatic rings. The molecule has 0 bridgehead atoms. The van der Waals surface area contributed by atoms with Gasteiger partial charge in [0, 0.05) is 6.42 Å². The number of rotatable bonds is 4. The van der Waals surface area contributed by atoms with E-state index in [1.807, 2.05) is 27.7 Å². The first-order chi connectivity index (χ1) is 5.85. The van der Waals surface area contributed by atoms with Gasteiger partial charge in [0.2, 0.25) is 5.91 Å². The summed E-state index contributed by atoms with van der Waals surface area (Å²) in [5.41, 5.74) is 1.93. The summed E-state index contributed by atoms with van der Waals surface area (Å²) < 4.78 is 5.61. The van der Waals surface area contributed by atoms with Crippen molar-refractivity contribution in [3.8, 4) is 0 Å². The van der Waals surface area contributed by atoms with Gasteiger partial charge < -0.3 is 4.74 Å². The molecule has 0 aliphatic rings. The van der Waals surface area contributed by atoms with Gasteiger partial charge in [0.15, 0.2) is 0 Å². The molecule has 0 aliphatic carbocycles. The zero-order chi connectivity index (χ0) is 10.5. The summed E-state index contributed by atoms with van der Waals surface area (Å²) in [5, 5.41) is 0. The molecule has 13 heavy (non-hydrogen) atoms. The molecule has 0 aromatic carbocycles. The fourth-order valence-corrected chi connectivity index (χ4v) is 1.07. The van der Waals surface area contributed by atoms with Crippen LogP contribution < -0.4 is 11.3 Å². The zero-order valence-corrected chi connectivity index (χ0v) is 8.89. The van der Waals surface area contributed by atoms with Crippen LogP contribution in [0.15, 0.2) is 0 Å². The number of hydrogen-bond acceptors (Lipinski definition) is 3. The SMILES string of the molecule is CC(CCC(=O)NN)OC(C)(C)C. The fraction of sp³-hybridized carbons (Fsp3) is 0.889. The predicted octanol–water partition coefficient (Wildman–Crippen LogP) is 0.960. The lowest BCUT2D eigenvalue weighted by atomic mass is 10.1. The normalized spacial score (nSPS) is 13.9. The van der Waals surface area contributed by atoms with Gasteiger partial charge in [-0.3, -0.25) is 10.2 Å². The molecule has 0 rings (SSSR count). The Hall–Kier alpha value is -0.610. The van der Waals surface area contributed by atoms with Crippen LogP contribution in [0.2, 0.25) is 0 Å². The van der Waals surface area contributed by atoms with Crippen LogP contribution in [0.5, 0.6) is 0 Å². The van der Waals surface area contributed by atoms with Crippen molar-refractivity contribution >= 4 is 5.91 Å². The van der Waals surface area contributed by atoms with Gasteiger partial charge in [-0.25, -0.2) is 5.84 Å². The standard InChI is InChI=1S/C9H20N2O2/c1-7(13-9(2,3)4)5-6-8(12)11-10/h7H,5-6,10H2,1-4H3,(H,11,12). The minimum atomic E-state index is -0.154. The molecule has 0 aromatic heterocycles. The summed E-state index contributed by atoms with van der Waals surface area (Å²) in [5.74, 6) is 4.80. The molecule has 4 nitrogen and oxygen atoms in total. The average Bonchev–Trinajstić information content (AvgIpc) is 1.97. The Labute approximate surface area is 79.8 Å². The van der Waals surface area contributed by atoms with E-state index in [4.69, 9.17) is 10.6 Å². The first-order valence-electron chi connectivity index (χ1n) is 4.52.